The fourth-order valence-corrected chi connectivity index (χ4v) is 2.19. The Morgan fingerprint density at radius 1 is 1.05 bits per heavy atom. The molecule has 4 heteroatoms. The summed E-state index contributed by atoms with van der Waals surface area (Å²) in [4.78, 5) is 16.1. The number of benzene rings is 2. The molecule has 0 atom stereocenters. The lowest BCUT2D eigenvalue weighted by atomic mass is 10.1. The van der Waals surface area contributed by atoms with Crippen LogP contribution in [0.4, 0.5) is 5.82 Å². The van der Waals surface area contributed by atoms with Crippen LogP contribution in [-0.4, -0.2) is 10.9 Å². The van der Waals surface area contributed by atoms with Crippen molar-refractivity contribution in [2.24, 2.45) is 0 Å². The summed E-state index contributed by atoms with van der Waals surface area (Å²) in [6.45, 7) is 0.480. The van der Waals surface area contributed by atoms with Crippen molar-refractivity contribution in [1.29, 1.82) is 0 Å². The van der Waals surface area contributed by atoms with E-state index in [0.29, 0.717) is 17.9 Å². The predicted molar refractivity (Wildman–Crippen MR) is 83.8 cm³/mol. The molecule has 0 radical (unpaired) electrons. The van der Waals surface area contributed by atoms with E-state index in [9.17, 15) is 4.79 Å². The number of anilines is 1. The van der Waals surface area contributed by atoms with Gasteiger partial charge in [0.1, 0.15) is 5.82 Å². The summed E-state index contributed by atoms with van der Waals surface area (Å²) in [6, 6.07) is 17.0. The molecule has 3 rings (SSSR count). The minimum absolute atomic E-state index is 0.0777. The van der Waals surface area contributed by atoms with Crippen molar-refractivity contribution in [2.75, 3.05) is 5.73 Å². The first-order valence-corrected chi connectivity index (χ1v) is 6.70. The quantitative estimate of drug-likeness (QED) is 0.773. The number of nitrogen functional groups attached to an aromatic ring is 1. The van der Waals surface area contributed by atoms with Crippen molar-refractivity contribution in [3.63, 3.8) is 0 Å². The van der Waals surface area contributed by atoms with Crippen molar-refractivity contribution in [3.8, 4) is 0 Å². The topological polar surface area (TPSA) is 68.0 Å². The fraction of sp³-hybridized carbons (Fsp3) is 0.0588. The Kier molecular flexibility index (Phi) is 3.51. The molecule has 3 N–H and O–H groups in total. The maximum absolute atomic E-state index is 12.0. The van der Waals surface area contributed by atoms with Gasteiger partial charge < -0.3 is 11.1 Å². The number of fused-ring (bicyclic) bond motifs is 1. The smallest absolute Gasteiger partial charge is 0.251 e. The number of hydrogen-bond acceptors (Lipinski definition) is 3. The Morgan fingerprint density at radius 2 is 1.86 bits per heavy atom. The Bertz CT molecular complexity index is 784. The van der Waals surface area contributed by atoms with Crippen LogP contribution in [0.15, 0.2) is 60.8 Å². The highest BCUT2D eigenvalue weighted by Crippen LogP contribution is 2.17. The normalized spacial score (nSPS) is 10.5. The highest BCUT2D eigenvalue weighted by atomic mass is 16.1. The molecule has 0 aliphatic carbocycles. The Hall–Kier alpha value is -2.88. The first kappa shape index (κ1) is 13.1. The highest BCUT2D eigenvalue weighted by molar-refractivity contribution is 5.94. The molecule has 2 aromatic carbocycles. The number of aromatic nitrogens is 1. The number of carbonyl (C=O) groups excluding carboxylic acids is 1. The van der Waals surface area contributed by atoms with Gasteiger partial charge in [0.05, 0.1) is 0 Å². The maximum Gasteiger partial charge on any atom is 0.251 e. The van der Waals surface area contributed by atoms with Gasteiger partial charge in [-0.25, -0.2) is 4.98 Å². The van der Waals surface area contributed by atoms with Gasteiger partial charge in [-0.2, -0.15) is 0 Å². The molecule has 0 saturated heterocycles. The zero-order chi connectivity index (χ0) is 14.7. The van der Waals surface area contributed by atoms with E-state index in [-0.39, 0.29) is 5.91 Å². The number of amides is 1. The van der Waals surface area contributed by atoms with Crippen molar-refractivity contribution < 1.29 is 4.79 Å². The zero-order valence-electron chi connectivity index (χ0n) is 11.4. The van der Waals surface area contributed by atoms with Gasteiger partial charge in [0.15, 0.2) is 0 Å². The lowest BCUT2D eigenvalue weighted by molar-refractivity contribution is 0.0951. The number of pyridine rings is 1. The van der Waals surface area contributed by atoms with Crippen LogP contribution in [0.25, 0.3) is 10.8 Å². The number of nitrogens with zero attached hydrogens (tertiary/aromatic N) is 1. The van der Waals surface area contributed by atoms with Crippen LogP contribution in [0.2, 0.25) is 0 Å². The first-order valence-electron chi connectivity index (χ1n) is 6.70. The number of carbonyl (C=O) groups is 1. The second-order valence-corrected chi connectivity index (χ2v) is 4.84. The molecule has 3 aromatic rings. The van der Waals surface area contributed by atoms with Crippen LogP contribution >= 0.6 is 0 Å². The SMILES string of the molecule is Nc1cc2ccc(CNC(=O)c3ccccc3)cc2cn1. The van der Waals surface area contributed by atoms with Gasteiger partial charge in [0.25, 0.3) is 5.91 Å². The summed E-state index contributed by atoms with van der Waals surface area (Å²) >= 11 is 0. The van der Waals surface area contributed by atoms with Crippen molar-refractivity contribution in [2.45, 2.75) is 6.54 Å². The van der Waals surface area contributed by atoms with E-state index in [1.54, 1.807) is 18.3 Å². The predicted octanol–water partition coefficient (Wildman–Crippen LogP) is 2.75. The Labute approximate surface area is 122 Å². The van der Waals surface area contributed by atoms with Gasteiger partial charge in [0, 0.05) is 23.7 Å². The van der Waals surface area contributed by atoms with E-state index in [0.717, 1.165) is 16.3 Å². The van der Waals surface area contributed by atoms with E-state index >= 15 is 0 Å². The molecule has 0 aliphatic heterocycles. The summed E-state index contributed by atoms with van der Waals surface area (Å²) in [7, 11) is 0. The van der Waals surface area contributed by atoms with Gasteiger partial charge in [-0.3, -0.25) is 4.79 Å². The molecule has 4 nitrogen and oxygen atoms in total. The summed E-state index contributed by atoms with van der Waals surface area (Å²) < 4.78 is 0. The molecule has 0 fully saturated rings. The number of rotatable bonds is 3. The number of nitrogens with one attached hydrogen (secondary N) is 1. The summed E-state index contributed by atoms with van der Waals surface area (Å²) in [6.07, 6.45) is 1.74. The van der Waals surface area contributed by atoms with E-state index in [1.165, 1.54) is 0 Å². The molecule has 0 aliphatic rings. The third-order valence-corrected chi connectivity index (χ3v) is 3.30. The molecule has 1 heterocycles. The largest absolute Gasteiger partial charge is 0.384 e. The number of hydrogen-bond donors (Lipinski definition) is 2. The van der Waals surface area contributed by atoms with Crippen LogP contribution in [-0.2, 0) is 6.54 Å². The van der Waals surface area contributed by atoms with E-state index in [1.807, 2.05) is 42.5 Å². The fourth-order valence-electron chi connectivity index (χ4n) is 2.19. The van der Waals surface area contributed by atoms with Crippen LogP contribution in [0.3, 0.4) is 0 Å². The van der Waals surface area contributed by atoms with Gasteiger partial charge >= 0.3 is 0 Å². The lowest BCUT2D eigenvalue weighted by Crippen LogP contribution is -2.22. The third-order valence-electron chi connectivity index (χ3n) is 3.30. The van der Waals surface area contributed by atoms with Crippen molar-refractivity contribution in [3.05, 3.63) is 71.9 Å². The molecule has 104 valence electrons. The van der Waals surface area contributed by atoms with Gasteiger partial charge in [0.2, 0.25) is 0 Å². The minimum Gasteiger partial charge on any atom is -0.384 e. The van der Waals surface area contributed by atoms with Crippen LogP contribution in [0, 0.1) is 0 Å². The molecule has 1 aromatic heterocycles. The average molecular weight is 277 g/mol. The Balaban J connectivity index is 1.73. The minimum atomic E-state index is -0.0777. The molecule has 0 spiro atoms. The standard InChI is InChI=1S/C17H15N3O/c18-16-9-14-7-6-12(8-15(14)11-19-16)10-20-17(21)13-4-2-1-3-5-13/h1-9,11H,10H2,(H2,18,19)(H,20,21). The van der Waals surface area contributed by atoms with E-state index < -0.39 is 0 Å². The summed E-state index contributed by atoms with van der Waals surface area (Å²) in [5, 5.41) is 4.96. The third kappa shape index (κ3) is 3.00. The molecular formula is C17H15N3O. The maximum atomic E-state index is 12.0. The van der Waals surface area contributed by atoms with Crippen LogP contribution < -0.4 is 11.1 Å². The van der Waals surface area contributed by atoms with Crippen LogP contribution in [0.5, 0.6) is 0 Å². The van der Waals surface area contributed by atoms with Gasteiger partial charge in [-0.1, -0.05) is 30.3 Å². The summed E-state index contributed by atoms with van der Waals surface area (Å²) in [5.74, 6) is 0.429. The van der Waals surface area contributed by atoms with Gasteiger partial charge in [-0.15, -0.1) is 0 Å². The van der Waals surface area contributed by atoms with Gasteiger partial charge in [-0.05, 0) is 35.2 Å². The average Bonchev–Trinajstić information content (AvgIpc) is 2.53. The second kappa shape index (κ2) is 5.63. The monoisotopic (exact) mass is 277 g/mol. The Morgan fingerprint density at radius 3 is 2.67 bits per heavy atom. The first-order chi connectivity index (χ1) is 10.2. The highest BCUT2D eigenvalue weighted by Gasteiger charge is 2.04. The zero-order valence-corrected chi connectivity index (χ0v) is 11.4. The molecule has 21 heavy (non-hydrogen) atoms. The second-order valence-electron chi connectivity index (χ2n) is 4.84. The molecule has 1 amide bonds. The van der Waals surface area contributed by atoms with Crippen molar-refractivity contribution >= 4 is 22.5 Å². The molecular weight excluding hydrogens is 262 g/mol. The van der Waals surface area contributed by atoms with E-state index in [4.69, 9.17) is 5.73 Å². The molecule has 0 bridgehead atoms. The molecule has 0 saturated carbocycles. The van der Waals surface area contributed by atoms with Crippen LogP contribution in [0.1, 0.15) is 15.9 Å². The van der Waals surface area contributed by atoms with E-state index in [2.05, 4.69) is 10.3 Å². The summed E-state index contributed by atoms with van der Waals surface area (Å²) in [5.41, 5.74) is 7.34. The van der Waals surface area contributed by atoms with Crippen molar-refractivity contribution in [1.82, 2.24) is 10.3 Å². The lowest BCUT2D eigenvalue weighted by Gasteiger charge is -2.07. The number of nitrogens with two attached hydrogens (primary N) is 1. The molecule has 0 unspecified atom stereocenters.